The van der Waals surface area contributed by atoms with Crippen LogP contribution >= 0.6 is 23.2 Å². The van der Waals surface area contributed by atoms with Crippen LogP contribution in [0, 0.1) is 5.92 Å². The van der Waals surface area contributed by atoms with Gasteiger partial charge in [0.15, 0.2) is 11.6 Å². The third kappa shape index (κ3) is 5.58. The van der Waals surface area contributed by atoms with Crippen LogP contribution in [-0.4, -0.2) is 38.5 Å². The van der Waals surface area contributed by atoms with E-state index in [1.807, 2.05) is 13.8 Å². The molecule has 0 fully saturated rings. The first-order valence-corrected chi connectivity index (χ1v) is 12.8. The third-order valence-corrected chi connectivity index (χ3v) is 6.12. The lowest BCUT2D eigenvalue weighted by atomic mass is 10.1. The van der Waals surface area contributed by atoms with E-state index in [9.17, 15) is 14.4 Å². The van der Waals surface area contributed by atoms with E-state index < -0.39 is 18.0 Å². The molecule has 1 atom stereocenters. The summed E-state index contributed by atoms with van der Waals surface area (Å²) in [5, 5.41) is 0.856. The van der Waals surface area contributed by atoms with Crippen LogP contribution in [0.25, 0.3) is 16.7 Å². The Morgan fingerprint density at radius 1 is 1.11 bits per heavy atom. The maximum Gasteiger partial charge on any atom is 0.341 e. The van der Waals surface area contributed by atoms with Crippen LogP contribution < -0.4 is 15.8 Å². The Morgan fingerprint density at radius 2 is 1.87 bits per heavy atom. The predicted octanol–water partition coefficient (Wildman–Crippen LogP) is 4.68. The molecule has 0 aliphatic heterocycles. The minimum atomic E-state index is -1.05. The van der Waals surface area contributed by atoms with Crippen molar-refractivity contribution in [3.63, 3.8) is 0 Å². The van der Waals surface area contributed by atoms with Crippen LogP contribution in [-0.2, 0) is 16.1 Å². The molecule has 4 rings (SSSR count). The fourth-order valence-electron chi connectivity index (χ4n) is 3.90. The van der Waals surface area contributed by atoms with Crippen molar-refractivity contribution in [3.8, 4) is 5.75 Å². The molecule has 0 radical (unpaired) electrons. The number of benzene rings is 1. The summed E-state index contributed by atoms with van der Waals surface area (Å²) in [6, 6.07) is 11.2. The summed E-state index contributed by atoms with van der Waals surface area (Å²) in [5.41, 5.74) is 0.349. The zero-order valence-corrected chi connectivity index (χ0v) is 22.8. The second-order valence-corrected chi connectivity index (χ2v) is 9.82. The fraction of sp³-hybridized carbons (Fsp3) is 0.296. The van der Waals surface area contributed by atoms with Crippen molar-refractivity contribution in [2.75, 3.05) is 6.61 Å². The van der Waals surface area contributed by atoms with Gasteiger partial charge in [0.05, 0.1) is 17.0 Å². The van der Waals surface area contributed by atoms with Crippen LogP contribution in [0.4, 0.5) is 0 Å². The fourth-order valence-corrected chi connectivity index (χ4v) is 4.36. The summed E-state index contributed by atoms with van der Waals surface area (Å²) in [7, 11) is 0. The lowest BCUT2D eigenvalue weighted by Crippen LogP contribution is -2.35. The normalized spacial score (nSPS) is 12.8. The van der Waals surface area contributed by atoms with Gasteiger partial charge in [-0.05, 0) is 56.2 Å². The maximum absolute atomic E-state index is 13.4. The summed E-state index contributed by atoms with van der Waals surface area (Å²) in [4.78, 5) is 48.7. The second-order valence-electron chi connectivity index (χ2n) is 8.97. The van der Waals surface area contributed by atoms with Crippen LogP contribution in [0.3, 0.4) is 0 Å². The number of pyridine rings is 2. The molecule has 0 saturated heterocycles. The molecule has 1 amide bonds. The average molecular weight is 557 g/mol. The molecule has 1 aromatic carbocycles. The molecule has 0 saturated carbocycles. The number of halogens is 2. The van der Waals surface area contributed by atoms with Gasteiger partial charge in [-0.25, -0.2) is 9.78 Å². The molecule has 198 valence electrons. The summed E-state index contributed by atoms with van der Waals surface area (Å²) in [5.74, 6) is -1.07. The molecule has 38 heavy (non-hydrogen) atoms. The number of esters is 1. The zero-order chi connectivity index (χ0) is 27.6. The number of ether oxygens (including phenoxy) is 2. The molecule has 0 N–H and O–H groups in total. The summed E-state index contributed by atoms with van der Waals surface area (Å²) in [6.07, 6.45) is 0.547. The third-order valence-electron chi connectivity index (χ3n) is 5.59. The van der Waals surface area contributed by atoms with Crippen LogP contribution in [0.15, 0.2) is 58.4 Å². The van der Waals surface area contributed by atoms with Crippen molar-refractivity contribution >= 4 is 51.8 Å². The molecule has 11 heteroatoms. The number of carbonyl (C=O) groups excluding carboxylic acids is 2. The first kappa shape index (κ1) is 27.3. The van der Waals surface area contributed by atoms with Gasteiger partial charge in [0.1, 0.15) is 22.6 Å². The Bertz CT molecular complexity index is 1680. The van der Waals surface area contributed by atoms with Crippen molar-refractivity contribution in [2.24, 2.45) is 10.9 Å². The van der Waals surface area contributed by atoms with Crippen LogP contribution in [0.1, 0.15) is 38.1 Å². The first-order chi connectivity index (χ1) is 18.1. The molecular weight excluding hydrogens is 531 g/mol. The SMILES string of the molecule is CCOC(=O)c1cc2c(=O)n3ccccc3nc2n(CC(C)C)c1=NC(=O)[C@@H](C)Oc1ccc(Cl)cc1Cl. The number of aromatic nitrogens is 3. The summed E-state index contributed by atoms with van der Waals surface area (Å²) in [6.45, 7) is 7.53. The van der Waals surface area contributed by atoms with Crippen molar-refractivity contribution < 1.29 is 19.1 Å². The molecule has 9 nitrogen and oxygen atoms in total. The topological polar surface area (TPSA) is 104 Å². The van der Waals surface area contributed by atoms with E-state index in [1.165, 1.54) is 23.5 Å². The van der Waals surface area contributed by atoms with Gasteiger partial charge < -0.3 is 14.0 Å². The minimum absolute atomic E-state index is 0.0273. The lowest BCUT2D eigenvalue weighted by molar-refractivity contribution is -0.124. The molecule has 0 unspecified atom stereocenters. The largest absolute Gasteiger partial charge is 0.479 e. The van der Waals surface area contributed by atoms with Gasteiger partial charge in [-0.2, -0.15) is 4.99 Å². The minimum Gasteiger partial charge on any atom is -0.479 e. The van der Waals surface area contributed by atoms with E-state index in [-0.39, 0.29) is 45.3 Å². The number of carbonyl (C=O) groups is 2. The van der Waals surface area contributed by atoms with Gasteiger partial charge >= 0.3 is 5.97 Å². The van der Waals surface area contributed by atoms with E-state index in [0.717, 1.165) is 0 Å². The Labute approximate surface area is 228 Å². The quantitative estimate of drug-likeness (QED) is 0.241. The summed E-state index contributed by atoms with van der Waals surface area (Å²) < 4.78 is 14.0. The van der Waals surface area contributed by atoms with Crippen LogP contribution in [0.2, 0.25) is 10.0 Å². The standard InChI is InChI=1S/C27H26Cl2N4O5/c1-5-37-27(36)19-13-18-23(30-22-8-6-7-11-32(22)26(18)35)33(14-15(2)3)24(19)31-25(34)16(4)38-21-10-9-17(28)12-20(21)29/h6-13,15-16H,5,14H2,1-4H3/t16-/m1/s1. The Kier molecular flexibility index (Phi) is 8.18. The molecule has 0 bridgehead atoms. The number of hydrogen-bond acceptors (Lipinski definition) is 6. The van der Waals surface area contributed by atoms with Gasteiger partial charge in [-0.1, -0.05) is 43.1 Å². The van der Waals surface area contributed by atoms with Gasteiger partial charge in [0, 0.05) is 17.8 Å². The van der Waals surface area contributed by atoms with E-state index in [1.54, 1.807) is 48.0 Å². The highest BCUT2D eigenvalue weighted by Gasteiger charge is 2.22. The van der Waals surface area contributed by atoms with Crippen LogP contribution in [0.5, 0.6) is 5.75 Å². The number of hydrogen-bond donors (Lipinski definition) is 0. The monoisotopic (exact) mass is 556 g/mol. The maximum atomic E-state index is 13.4. The number of fused-ring (bicyclic) bond motifs is 2. The smallest absolute Gasteiger partial charge is 0.341 e. The highest BCUT2D eigenvalue weighted by atomic mass is 35.5. The lowest BCUT2D eigenvalue weighted by Gasteiger charge is -2.17. The van der Waals surface area contributed by atoms with Gasteiger partial charge in [0.2, 0.25) is 0 Å². The van der Waals surface area contributed by atoms with Crippen molar-refractivity contribution in [1.29, 1.82) is 0 Å². The number of rotatable bonds is 7. The van der Waals surface area contributed by atoms with Crippen molar-refractivity contribution in [2.45, 2.75) is 40.3 Å². The summed E-state index contributed by atoms with van der Waals surface area (Å²) >= 11 is 12.1. The predicted molar refractivity (Wildman–Crippen MR) is 145 cm³/mol. The van der Waals surface area contributed by atoms with Crippen molar-refractivity contribution in [1.82, 2.24) is 14.0 Å². The molecule has 0 aliphatic carbocycles. The molecule has 4 aromatic rings. The molecule has 0 spiro atoms. The number of nitrogens with zero attached hydrogens (tertiary/aromatic N) is 4. The van der Waals surface area contributed by atoms with Gasteiger partial charge in [-0.3, -0.25) is 14.0 Å². The Morgan fingerprint density at radius 3 is 2.55 bits per heavy atom. The molecule has 0 aliphatic rings. The molecule has 3 aromatic heterocycles. The zero-order valence-electron chi connectivity index (χ0n) is 21.3. The number of amides is 1. The molecule has 3 heterocycles. The highest BCUT2D eigenvalue weighted by Crippen LogP contribution is 2.28. The van der Waals surface area contributed by atoms with E-state index >= 15 is 0 Å². The first-order valence-electron chi connectivity index (χ1n) is 12.0. The Hall–Kier alpha value is -3.69. The second kappa shape index (κ2) is 11.4. The van der Waals surface area contributed by atoms with E-state index in [0.29, 0.717) is 22.9 Å². The van der Waals surface area contributed by atoms with E-state index in [4.69, 9.17) is 32.7 Å². The average Bonchev–Trinajstić information content (AvgIpc) is 2.87. The highest BCUT2D eigenvalue weighted by molar-refractivity contribution is 6.35. The Balaban J connectivity index is 1.97. The van der Waals surface area contributed by atoms with Gasteiger partial charge in [0.25, 0.3) is 11.5 Å². The van der Waals surface area contributed by atoms with Crippen molar-refractivity contribution in [3.05, 3.63) is 80.1 Å². The van der Waals surface area contributed by atoms with Gasteiger partial charge in [-0.15, -0.1) is 0 Å². The molecular formula is C27H26Cl2N4O5. The van der Waals surface area contributed by atoms with E-state index in [2.05, 4.69) is 9.98 Å².